The summed E-state index contributed by atoms with van der Waals surface area (Å²) >= 11 is 0. The Morgan fingerprint density at radius 3 is 3.14 bits per heavy atom. The molecule has 0 spiro atoms. The summed E-state index contributed by atoms with van der Waals surface area (Å²) in [6, 6.07) is 0. The van der Waals surface area contributed by atoms with Gasteiger partial charge in [0, 0.05) is 24.5 Å². The molecule has 0 bridgehead atoms. The third-order valence-corrected chi connectivity index (χ3v) is 2.80. The minimum atomic E-state index is -0.225. The maximum Gasteiger partial charge on any atom is 0.0552 e. The van der Waals surface area contributed by atoms with Crippen LogP contribution >= 0.6 is 0 Å². The Hall–Kier alpha value is -0.770. The molecule has 1 fully saturated rings. The fraction of sp³-hybridized carbons (Fsp3) is 1.00. The average Bonchev–Trinajstić information content (AvgIpc) is 2.19. The summed E-state index contributed by atoms with van der Waals surface area (Å²) in [6.07, 6.45) is 2.01. The van der Waals surface area contributed by atoms with Crippen molar-refractivity contribution in [2.24, 2.45) is 11.0 Å². The van der Waals surface area contributed by atoms with E-state index in [0.29, 0.717) is 12.5 Å². The molecule has 80 valence electrons. The van der Waals surface area contributed by atoms with Crippen molar-refractivity contribution in [1.82, 2.24) is 4.90 Å². The van der Waals surface area contributed by atoms with Crippen molar-refractivity contribution >= 4 is 0 Å². The molecular weight excluding hydrogens is 180 g/mol. The van der Waals surface area contributed by atoms with Crippen LogP contribution in [0, 0.1) is 5.92 Å². The normalized spacial score (nSPS) is 25.4. The highest BCUT2D eigenvalue weighted by molar-refractivity contribution is 4.76. The van der Waals surface area contributed by atoms with E-state index in [9.17, 15) is 5.11 Å². The van der Waals surface area contributed by atoms with Crippen molar-refractivity contribution in [1.29, 1.82) is 0 Å². The van der Waals surface area contributed by atoms with Crippen LogP contribution in [0.5, 0.6) is 0 Å². The molecular formula is C9H18N4O. The van der Waals surface area contributed by atoms with Crippen LogP contribution in [-0.4, -0.2) is 42.3 Å². The van der Waals surface area contributed by atoms with Crippen molar-refractivity contribution < 1.29 is 5.11 Å². The Morgan fingerprint density at radius 2 is 2.50 bits per heavy atom. The van der Waals surface area contributed by atoms with Gasteiger partial charge in [0.15, 0.2) is 0 Å². The van der Waals surface area contributed by atoms with Crippen molar-refractivity contribution in [3.63, 3.8) is 0 Å². The van der Waals surface area contributed by atoms with Crippen LogP contribution in [0.4, 0.5) is 0 Å². The molecule has 0 aromatic rings. The molecule has 1 rings (SSSR count). The van der Waals surface area contributed by atoms with Gasteiger partial charge in [0.25, 0.3) is 0 Å². The number of aliphatic hydroxyl groups is 1. The zero-order chi connectivity index (χ0) is 10.4. The molecule has 0 amide bonds. The molecule has 2 atom stereocenters. The van der Waals surface area contributed by atoms with E-state index < -0.39 is 0 Å². The number of aliphatic hydroxyl groups excluding tert-OH is 1. The van der Waals surface area contributed by atoms with Crippen molar-refractivity contribution in [3.05, 3.63) is 10.4 Å². The van der Waals surface area contributed by atoms with Gasteiger partial charge < -0.3 is 10.0 Å². The average molecular weight is 198 g/mol. The lowest BCUT2D eigenvalue weighted by Gasteiger charge is -2.33. The van der Waals surface area contributed by atoms with Gasteiger partial charge in [-0.25, -0.2) is 0 Å². The summed E-state index contributed by atoms with van der Waals surface area (Å²) in [4.78, 5) is 4.98. The fourth-order valence-electron chi connectivity index (χ4n) is 1.92. The minimum absolute atomic E-state index is 0.225. The summed E-state index contributed by atoms with van der Waals surface area (Å²) in [6.45, 7) is 5.18. The highest BCUT2D eigenvalue weighted by Gasteiger charge is 2.22. The number of hydrogen-bond donors (Lipinski definition) is 1. The molecule has 1 aliphatic heterocycles. The minimum Gasteiger partial charge on any atom is -0.393 e. The summed E-state index contributed by atoms with van der Waals surface area (Å²) < 4.78 is 0. The number of hydrogen-bond acceptors (Lipinski definition) is 3. The van der Waals surface area contributed by atoms with Crippen LogP contribution in [0.15, 0.2) is 5.11 Å². The SMILES string of the molecule is C[C@@H](O)[C@@H]1CCCN(CCN=[N+]=[N-])C1. The third kappa shape index (κ3) is 3.54. The number of rotatable bonds is 4. The molecule has 5 nitrogen and oxygen atoms in total. The highest BCUT2D eigenvalue weighted by atomic mass is 16.3. The molecule has 1 heterocycles. The second-order valence-electron chi connectivity index (χ2n) is 3.90. The van der Waals surface area contributed by atoms with Gasteiger partial charge in [-0.3, -0.25) is 0 Å². The van der Waals surface area contributed by atoms with Gasteiger partial charge in [-0.05, 0) is 37.8 Å². The second-order valence-corrected chi connectivity index (χ2v) is 3.90. The van der Waals surface area contributed by atoms with Gasteiger partial charge in [0.05, 0.1) is 6.10 Å². The molecule has 1 saturated heterocycles. The molecule has 0 unspecified atom stereocenters. The van der Waals surface area contributed by atoms with Gasteiger partial charge in [-0.1, -0.05) is 5.11 Å². The first-order valence-corrected chi connectivity index (χ1v) is 5.15. The third-order valence-electron chi connectivity index (χ3n) is 2.80. The van der Waals surface area contributed by atoms with Crippen molar-refractivity contribution in [3.8, 4) is 0 Å². The van der Waals surface area contributed by atoms with E-state index in [1.165, 1.54) is 0 Å². The highest BCUT2D eigenvalue weighted by Crippen LogP contribution is 2.19. The fourth-order valence-corrected chi connectivity index (χ4v) is 1.92. The molecule has 0 aliphatic carbocycles. The van der Waals surface area contributed by atoms with Gasteiger partial charge in [-0.2, -0.15) is 0 Å². The first-order chi connectivity index (χ1) is 6.74. The zero-order valence-electron chi connectivity index (χ0n) is 8.63. The van der Waals surface area contributed by atoms with E-state index >= 15 is 0 Å². The quantitative estimate of drug-likeness (QED) is 0.421. The maximum atomic E-state index is 9.46. The van der Waals surface area contributed by atoms with E-state index in [4.69, 9.17) is 5.53 Å². The van der Waals surface area contributed by atoms with Crippen LogP contribution in [0.3, 0.4) is 0 Å². The lowest BCUT2D eigenvalue weighted by Crippen LogP contribution is -2.40. The molecule has 0 radical (unpaired) electrons. The predicted molar refractivity (Wildman–Crippen MR) is 54.9 cm³/mol. The Bertz CT molecular complexity index is 213. The molecule has 0 aromatic heterocycles. The zero-order valence-corrected chi connectivity index (χ0v) is 8.63. The summed E-state index contributed by atoms with van der Waals surface area (Å²) in [5.41, 5.74) is 8.14. The second kappa shape index (κ2) is 5.86. The van der Waals surface area contributed by atoms with E-state index in [1.807, 2.05) is 6.92 Å². The van der Waals surface area contributed by atoms with Gasteiger partial charge in [0.2, 0.25) is 0 Å². The Balaban J connectivity index is 2.28. The largest absolute Gasteiger partial charge is 0.393 e. The molecule has 5 heteroatoms. The van der Waals surface area contributed by atoms with E-state index in [1.54, 1.807) is 0 Å². The number of piperidine rings is 1. The Kier molecular flexibility index (Phi) is 4.73. The molecule has 0 aromatic carbocycles. The molecule has 1 N–H and O–H groups in total. The van der Waals surface area contributed by atoms with Crippen LogP contribution in [0.25, 0.3) is 10.4 Å². The number of azide groups is 1. The standard InChI is InChI=1S/C9H18N4O/c1-8(14)9-3-2-5-13(7-9)6-4-11-12-10/h8-9,14H,2-7H2,1H3/t8-,9-/m1/s1. The van der Waals surface area contributed by atoms with E-state index in [2.05, 4.69) is 14.9 Å². The predicted octanol–water partition coefficient (Wildman–Crippen LogP) is 1.39. The van der Waals surface area contributed by atoms with Gasteiger partial charge in [-0.15, -0.1) is 0 Å². The van der Waals surface area contributed by atoms with Crippen molar-refractivity contribution in [2.45, 2.75) is 25.9 Å². The lowest BCUT2D eigenvalue weighted by molar-refractivity contribution is 0.0642. The van der Waals surface area contributed by atoms with Gasteiger partial charge in [0.1, 0.15) is 0 Å². The molecule has 14 heavy (non-hydrogen) atoms. The van der Waals surface area contributed by atoms with Crippen LogP contribution in [0.1, 0.15) is 19.8 Å². The summed E-state index contributed by atoms with van der Waals surface area (Å²) in [5.74, 6) is 0.384. The summed E-state index contributed by atoms with van der Waals surface area (Å²) in [5, 5.41) is 13.0. The topological polar surface area (TPSA) is 72.2 Å². The lowest BCUT2D eigenvalue weighted by atomic mass is 9.93. The van der Waals surface area contributed by atoms with E-state index in [0.717, 1.165) is 32.5 Å². The number of nitrogens with zero attached hydrogens (tertiary/aromatic N) is 4. The molecule has 0 saturated carbocycles. The summed E-state index contributed by atoms with van der Waals surface area (Å²) in [7, 11) is 0. The first kappa shape index (κ1) is 11.3. The number of likely N-dealkylation sites (tertiary alicyclic amines) is 1. The van der Waals surface area contributed by atoms with Gasteiger partial charge >= 0.3 is 0 Å². The smallest absolute Gasteiger partial charge is 0.0552 e. The Morgan fingerprint density at radius 1 is 1.71 bits per heavy atom. The Labute approximate surface area is 84.3 Å². The molecule has 1 aliphatic rings. The van der Waals surface area contributed by atoms with Crippen LogP contribution in [0.2, 0.25) is 0 Å². The monoisotopic (exact) mass is 198 g/mol. The first-order valence-electron chi connectivity index (χ1n) is 5.15. The van der Waals surface area contributed by atoms with Crippen molar-refractivity contribution in [2.75, 3.05) is 26.2 Å². The maximum absolute atomic E-state index is 9.46. The van der Waals surface area contributed by atoms with E-state index in [-0.39, 0.29) is 6.10 Å². The van der Waals surface area contributed by atoms with Crippen LogP contribution in [-0.2, 0) is 0 Å². The van der Waals surface area contributed by atoms with Crippen LogP contribution < -0.4 is 0 Å².